The molecule has 0 amide bonds. The van der Waals surface area contributed by atoms with E-state index < -0.39 is 0 Å². The number of allylic oxidation sites excluding steroid dienone is 2. The minimum absolute atomic E-state index is 0.00201. The maximum Gasteiger partial charge on any atom is 0.352 e. The van der Waals surface area contributed by atoms with E-state index in [1.54, 1.807) is 9.36 Å². The van der Waals surface area contributed by atoms with Gasteiger partial charge in [-0.05, 0) is 25.0 Å². The molecule has 3 aliphatic carbocycles. The van der Waals surface area contributed by atoms with Crippen molar-refractivity contribution in [3.63, 3.8) is 0 Å². The van der Waals surface area contributed by atoms with Gasteiger partial charge in [-0.3, -0.25) is 0 Å². The Morgan fingerprint density at radius 1 is 0.815 bits per heavy atom. The fourth-order valence-corrected chi connectivity index (χ4v) is 9.41. The Hall–Kier alpha value is -1.34. The van der Waals surface area contributed by atoms with Gasteiger partial charge < -0.3 is 0 Å². The molecule has 7 rings (SSSR count). The van der Waals surface area contributed by atoms with Gasteiger partial charge in [-0.15, -0.1) is 0 Å². The second kappa shape index (κ2) is 5.17. The second-order valence-corrected chi connectivity index (χ2v) is 10.3. The van der Waals surface area contributed by atoms with Crippen LogP contribution < -0.4 is 11.4 Å². The predicted octanol–water partition coefficient (Wildman–Crippen LogP) is 3.55. The monoisotopic (exact) mass is 491 g/mol. The van der Waals surface area contributed by atoms with Crippen LogP contribution in [-0.4, -0.2) is 23.6 Å². The molecule has 1 aromatic carbocycles. The maximum absolute atomic E-state index is 13.4. The molecule has 6 atom stereocenters. The zero-order valence-electron chi connectivity index (χ0n) is 14.6. The van der Waals surface area contributed by atoms with Crippen LogP contribution in [0.4, 0.5) is 0 Å². The summed E-state index contributed by atoms with van der Waals surface area (Å²) in [6.45, 7) is 0. The van der Waals surface area contributed by atoms with Gasteiger partial charge in [-0.1, -0.05) is 75.1 Å². The normalized spacial score (nSPS) is 40.8. The lowest BCUT2D eigenvalue weighted by atomic mass is 9.37. The number of aromatic nitrogens is 3. The van der Waals surface area contributed by atoms with Gasteiger partial charge in [0.25, 0.3) is 0 Å². The first-order chi connectivity index (χ1) is 13.1. The molecule has 1 aromatic heterocycles. The van der Waals surface area contributed by atoms with Gasteiger partial charge in [0.1, 0.15) is 0 Å². The molecule has 0 unspecified atom stereocenters. The Bertz CT molecular complexity index is 1040. The molecule has 2 saturated carbocycles. The summed E-state index contributed by atoms with van der Waals surface area (Å²) in [5, 5.41) is 0. The standard InChI is InChI=1S/C20H19Br2N3O2/c21-15-16(22)20-11-5-4-10-19(15,20)13-8-9-14(20)25-18(27)23(17(26)24(13)25)12-6-2-1-3-7-12/h1-3,6-9,13-16H,4-5,10-11H2/t13-,14-,15-,16-,19-,20+/m1/s1. The highest BCUT2D eigenvalue weighted by molar-refractivity contribution is 9.12. The first-order valence-corrected chi connectivity index (χ1v) is 11.4. The maximum atomic E-state index is 13.4. The minimum Gasteiger partial charge on any atom is -0.245 e. The van der Waals surface area contributed by atoms with Crippen LogP contribution in [0.1, 0.15) is 37.8 Å². The molecule has 2 aliphatic heterocycles. The van der Waals surface area contributed by atoms with Crippen LogP contribution in [0.5, 0.6) is 0 Å². The lowest BCUT2D eigenvalue weighted by Crippen LogP contribution is -2.78. The number of rotatable bonds is 1. The van der Waals surface area contributed by atoms with E-state index in [1.807, 2.05) is 30.3 Å². The fraction of sp³-hybridized carbons (Fsp3) is 0.500. The van der Waals surface area contributed by atoms with Gasteiger partial charge in [0, 0.05) is 20.5 Å². The molecule has 0 saturated heterocycles. The summed E-state index contributed by atoms with van der Waals surface area (Å²) >= 11 is 7.91. The van der Waals surface area contributed by atoms with Crippen molar-refractivity contribution in [2.75, 3.05) is 0 Å². The lowest BCUT2D eigenvalue weighted by molar-refractivity contribution is -0.184. The predicted molar refractivity (Wildman–Crippen MR) is 110 cm³/mol. The van der Waals surface area contributed by atoms with Crippen molar-refractivity contribution in [1.29, 1.82) is 0 Å². The molecule has 0 radical (unpaired) electrons. The van der Waals surface area contributed by atoms with Crippen molar-refractivity contribution in [2.45, 2.75) is 47.4 Å². The third-order valence-corrected chi connectivity index (χ3v) is 11.0. The van der Waals surface area contributed by atoms with E-state index in [2.05, 4.69) is 44.0 Å². The summed E-state index contributed by atoms with van der Waals surface area (Å²) < 4.78 is 4.83. The molecule has 27 heavy (non-hydrogen) atoms. The summed E-state index contributed by atoms with van der Waals surface area (Å²) in [5.41, 5.74) is 0.182. The van der Waals surface area contributed by atoms with E-state index in [1.165, 1.54) is 17.4 Å². The van der Waals surface area contributed by atoms with Gasteiger partial charge in [0.15, 0.2) is 0 Å². The van der Waals surface area contributed by atoms with Crippen LogP contribution in [0.2, 0.25) is 0 Å². The summed E-state index contributed by atoms with van der Waals surface area (Å²) in [4.78, 5) is 27.4. The summed E-state index contributed by atoms with van der Waals surface area (Å²) in [6, 6.07) is 9.11. The molecule has 5 nitrogen and oxygen atoms in total. The highest BCUT2D eigenvalue weighted by atomic mass is 79.9. The summed E-state index contributed by atoms with van der Waals surface area (Å²) in [6.07, 6.45) is 8.90. The molecule has 5 aliphatic rings. The van der Waals surface area contributed by atoms with Crippen LogP contribution in [0.3, 0.4) is 0 Å². The van der Waals surface area contributed by atoms with Gasteiger partial charge in [0.05, 0.1) is 17.8 Å². The zero-order chi connectivity index (χ0) is 18.6. The molecule has 3 heterocycles. The molecule has 2 aromatic rings. The van der Waals surface area contributed by atoms with Crippen LogP contribution in [0, 0.1) is 10.8 Å². The van der Waals surface area contributed by atoms with E-state index in [0.717, 1.165) is 12.8 Å². The molecule has 2 fully saturated rings. The molecular weight excluding hydrogens is 474 g/mol. The van der Waals surface area contributed by atoms with E-state index in [9.17, 15) is 9.59 Å². The minimum atomic E-state index is -0.225. The Morgan fingerprint density at radius 2 is 1.30 bits per heavy atom. The third-order valence-electron chi connectivity index (χ3n) is 7.62. The van der Waals surface area contributed by atoms with Crippen molar-refractivity contribution in [1.82, 2.24) is 13.9 Å². The number of para-hydroxylation sites is 1. The molecular formula is C20H19Br2N3O2. The SMILES string of the molecule is O=c1n(-c2ccccc2)c(=O)n2n1[C@@H]1C=C[C@@H]2[C@]23CCCC[C@]12[C@H](Br)[C@H]3Br. The molecule has 0 spiro atoms. The van der Waals surface area contributed by atoms with E-state index in [4.69, 9.17) is 0 Å². The molecule has 140 valence electrons. The second-order valence-electron chi connectivity index (χ2n) is 8.29. The van der Waals surface area contributed by atoms with Crippen molar-refractivity contribution in [3.05, 3.63) is 63.5 Å². The number of benzene rings is 1. The Kier molecular flexibility index (Phi) is 3.18. The van der Waals surface area contributed by atoms with E-state index >= 15 is 0 Å². The molecule has 2 bridgehead atoms. The van der Waals surface area contributed by atoms with Crippen LogP contribution in [0.25, 0.3) is 5.69 Å². The first-order valence-electron chi connectivity index (χ1n) is 9.53. The average molecular weight is 493 g/mol. The first kappa shape index (κ1) is 16.6. The van der Waals surface area contributed by atoms with Crippen molar-refractivity contribution in [2.24, 2.45) is 10.8 Å². The van der Waals surface area contributed by atoms with Crippen molar-refractivity contribution >= 4 is 31.9 Å². The van der Waals surface area contributed by atoms with Crippen LogP contribution in [-0.2, 0) is 0 Å². The summed E-state index contributed by atoms with van der Waals surface area (Å²) in [7, 11) is 0. The Labute approximate surface area is 172 Å². The number of alkyl halides is 2. The van der Waals surface area contributed by atoms with Crippen LogP contribution >= 0.6 is 31.9 Å². The zero-order valence-corrected chi connectivity index (χ0v) is 17.8. The highest BCUT2D eigenvalue weighted by Crippen LogP contribution is 2.79. The highest BCUT2D eigenvalue weighted by Gasteiger charge is 2.79. The number of halogens is 2. The van der Waals surface area contributed by atoms with Gasteiger partial charge in [-0.25, -0.2) is 23.5 Å². The fourth-order valence-electron chi connectivity index (χ4n) is 6.62. The summed E-state index contributed by atoms with van der Waals surface area (Å²) in [5.74, 6) is 0. The Morgan fingerprint density at radius 3 is 1.78 bits per heavy atom. The topological polar surface area (TPSA) is 48.9 Å². The third kappa shape index (κ3) is 1.58. The van der Waals surface area contributed by atoms with E-state index in [0.29, 0.717) is 15.3 Å². The smallest absolute Gasteiger partial charge is 0.245 e. The number of nitrogens with zero attached hydrogens (tertiary/aromatic N) is 3. The van der Waals surface area contributed by atoms with E-state index in [-0.39, 0.29) is 34.3 Å². The Balaban J connectivity index is 1.68. The molecule has 7 heteroatoms. The molecule has 0 N–H and O–H groups in total. The lowest BCUT2D eigenvalue weighted by Gasteiger charge is -2.76. The number of hydrogen-bond donors (Lipinski definition) is 0. The average Bonchev–Trinajstić information content (AvgIpc) is 2.99. The largest absolute Gasteiger partial charge is 0.352 e. The quantitative estimate of drug-likeness (QED) is 0.451. The van der Waals surface area contributed by atoms with Gasteiger partial charge >= 0.3 is 11.4 Å². The van der Waals surface area contributed by atoms with Gasteiger partial charge in [-0.2, -0.15) is 0 Å². The van der Waals surface area contributed by atoms with Crippen LogP contribution in [0.15, 0.2) is 52.1 Å². The van der Waals surface area contributed by atoms with Crippen molar-refractivity contribution < 1.29 is 0 Å². The van der Waals surface area contributed by atoms with Gasteiger partial charge in [0.2, 0.25) is 0 Å². The number of hydrogen-bond acceptors (Lipinski definition) is 2. The van der Waals surface area contributed by atoms with Crippen molar-refractivity contribution in [3.8, 4) is 5.69 Å².